The van der Waals surface area contributed by atoms with E-state index in [1.807, 2.05) is 0 Å². The maximum atomic E-state index is 11.9. The van der Waals surface area contributed by atoms with Gasteiger partial charge in [-0.3, -0.25) is 4.79 Å². The molecule has 1 heterocycles. The molecule has 2 amide bonds. The quantitative estimate of drug-likeness (QED) is 0.924. The number of benzene rings is 1. The van der Waals surface area contributed by atoms with Crippen molar-refractivity contribution in [3.8, 4) is 0 Å². The zero-order valence-corrected chi connectivity index (χ0v) is 11.6. The van der Waals surface area contributed by atoms with Gasteiger partial charge >= 0.3 is 6.09 Å². The van der Waals surface area contributed by atoms with E-state index < -0.39 is 0 Å². The Hall–Kier alpha value is -1.75. The average molecular weight is 295 g/mol. The van der Waals surface area contributed by atoms with Crippen LogP contribution in [0.1, 0.15) is 23.2 Å². The smallest absolute Gasteiger partial charge is 0.410 e. The average Bonchev–Trinajstić information content (AvgIpc) is 3.21. The summed E-state index contributed by atoms with van der Waals surface area (Å²) in [5.74, 6) is -0.192. The van der Waals surface area contributed by atoms with Crippen molar-refractivity contribution < 1.29 is 14.3 Å². The summed E-state index contributed by atoms with van der Waals surface area (Å²) in [5.41, 5.74) is 0.540. The van der Waals surface area contributed by atoms with Gasteiger partial charge in [0.2, 0.25) is 0 Å². The molecule has 1 aromatic carbocycles. The molecule has 1 saturated heterocycles. The van der Waals surface area contributed by atoms with Crippen LogP contribution >= 0.6 is 11.6 Å². The minimum atomic E-state index is -0.266. The summed E-state index contributed by atoms with van der Waals surface area (Å²) in [6, 6.07) is 7.00. The van der Waals surface area contributed by atoms with E-state index in [1.165, 1.54) is 0 Å². The zero-order chi connectivity index (χ0) is 14.1. The lowest BCUT2D eigenvalue weighted by molar-refractivity contribution is 0.0914. The second-order valence-electron chi connectivity index (χ2n) is 5.11. The standard InChI is InChI=1S/C14H15ClN2O3/c15-10-3-1-9(2-4-10)13(18)16-7-12-8-17(11-5-6-11)14(19)20-12/h1-4,11-12H,5-8H2,(H,16,18). The Morgan fingerprint density at radius 3 is 2.70 bits per heavy atom. The van der Waals surface area contributed by atoms with Gasteiger partial charge in [-0.15, -0.1) is 0 Å². The number of hydrogen-bond donors (Lipinski definition) is 1. The molecule has 0 bridgehead atoms. The van der Waals surface area contributed by atoms with E-state index in [0.29, 0.717) is 29.7 Å². The molecule has 1 saturated carbocycles. The van der Waals surface area contributed by atoms with Crippen molar-refractivity contribution in [3.05, 3.63) is 34.9 Å². The summed E-state index contributed by atoms with van der Waals surface area (Å²) in [5, 5.41) is 3.36. The van der Waals surface area contributed by atoms with E-state index in [-0.39, 0.29) is 18.1 Å². The number of nitrogens with zero attached hydrogens (tertiary/aromatic N) is 1. The van der Waals surface area contributed by atoms with Gasteiger partial charge in [0.15, 0.2) is 0 Å². The van der Waals surface area contributed by atoms with Crippen LogP contribution in [0.5, 0.6) is 0 Å². The van der Waals surface area contributed by atoms with Crippen molar-refractivity contribution in [1.82, 2.24) is 10.2 Å². The number of carbonyl (C=O) groups is 2. The molecular formula is C14H15ClN2O3. The highest BCUT2D eigenvalue weighted by Crippen LogP contribution is 2.30. The monoisotopic (exact) mass is 294 g/mol. The van der Waals surface area contributed by atoms with Crippen LogP contribution in [-0.2, 0) is 4.74 Å². The van der Waals surface area contributed by atoms with Gasteiger partial charge in [-0.1, -0.05) is 11.6 Å². The van der Waals surface area contributed by atoms with E-state index in [1.54, 1.807) is 29.2 Å². The van der Waals surface area contributed by atoms with Crippen molar-refractivity contribution in [3.63, 3.8) is 0 Å². The number of hydrogen-bond acceptors (Lipinski definition) is 3. The number of rotatable bonds is 4. The Morgan fingerprint density at radius 2 is 2.05 bits per heavy atom. The highest BCUT2D eigenvalue weighted by molar-refractivity contribution is 6.30. The second kappa shape index (κ2) is 5.32. The van der Waals surface area contributed by atoms with Crippen LogP contribution in [0.2, 0.25) is 5.02 Å². The summed E-state index contributed by atoms with van der Waals surface area (Å²) < 4.78 is 5.23. The lowest BCUT2D eigenvalue weighted by atomic mass is 10.2. The first-order valence-electron chi connectivity index (χ1n) is 6.64. The summed E-state index contributed by atoms with van der Waals surface area (Å²) in [6.45, 7) is 0.890. The van der Waals surface area contributed by atoms with E-state index >= 15 is 0 Å². The summed E-state index contributed by atoms with van der Waals surface area (Å²) in [7, 11) is 0. The fourth-order valence-corrected chi connectivity index (χ4v) is 2.37. The van der Waals surface area contributed by atoms with Crippen LogP contribution in [0.25, 0.3) is 0 Å². The van der Waals surface area contributed by atoms with Gasteiger partial charge in [-0.2, -0.15) is 0 Å². The molecule has 1 atom stereocenters. The topological polar surface area (TPSA) is 58.6 Å². The zero-order valence-electron chi connectivity index (χ0n) is 10.8. The Kier molecular flexibility index (Phi) is 3.53. The first-order valence-corrected chi connectivity index (χ1v) is 7.02. The Labute approximate surface area is 121 Å². The summed E-state index contributed by atoms with van der Waals surface area (Å²) in [4.78, 5) is 25.3. The van der Waals surface area contributed by atoms with Crippen LogP contribution < -0.4 is 5.32 Å². The number of nitrogens with one attached hydrogen (secondary N) is 1. The maximum absolute atomic E-state index is 11.9. The molecule has 1 unspecified atom stereocenters. The van der Waals surface area contributed by atoms with E-state index in [0.717, 1.165) is 12.8 Å². The SMILES string of the molecule is O=C(NCC1CN(C2CC2)C(=O)O1)c1ccc(Cl)cc1. The molecule has 0 spiro atoms. The fourth-order valence-electron chi connectivity index (χ4n) is 2.24. The largest absolute Gasteiger partial charge is 0.442 e. The van der Waals surface area contributed by atoms with E-state index in [9.17, 15) is 9.59 Å². The van der Waals surface area contributed by atoms with Crippen LogP contribution in [-0.4, -0.2) is 42.1 Å². The molecule has 3 rings (SSSR count). The summed E-state index contributed by atoms with van der Waals surface area (Å²) in [6.07, 6.45) is 1.58. The molecule has 2 aliphatic rings. The molecule has 5 nitrogen and oxygen atoms in total. The molecule has 20 heavy (non-hydrogen) atoms. The van der Waals surface area contributed by atoms with Crippen molar-refractivity contribution in [1.29, 1.82) is 0 Å². The van der Waals surface area contributed by atoms with Crippen LogP contribution in [0.3, 0.4) is 0 Å². The van der Waals surface area contributed by atoms with Crippen molar-refractivity contribution in [2.45, 2.75) is 25.0 Å². The molecule has 0 radical (unpaired) electrons. The van der Waals surface area contributed by atoms with Gasteiger partial charge in [0, 0.05) is 16.6 Å². The van der Waals surface area contributed by atoms with E-state index in [4.69, 9.17) is 16.3 Å². The molecular weight excluding hydrogens is 280 g/mol. The molecule has 1 aromatic rings. The Morgan fingerprint density at radius 1 is 1.35 bits per heavy atom. The molecule has 6 heteroatoms. The third-order valence-corrected chi connectivity index (χ3v) is 3.74. The van der Waals surface area contributed by atoms with Gasteiger partial charge in [0.25, 0.3) is 5.91 Å². The first kappa shape index (κ1) is 13.2. The maximum Gasteiger partial charge on any atom is 0.410 e. The van der Waals surface area contributed by atoms with Crippen LogP contribution in [0.15, 0.2) is 24.3 Å². The number of ether oxygens (including phenoxy) is 1. The van der Waals surface area contributed by atoms with Crippen molar-refractivity contribution >= 4 is 23.6 Å². The normalized spacial score (nSPS) is 21.8. The highest BCUT2D eigenvalue weighted by atomic mass is 35.5. The fraction of sp³-hybridized carbons (Fsp3) is 0.429. The molecule has 1 aliphatic heterocycles. The number of halogens is 1. The molecule has 1 N–H and O–H groups in total. The van der Waals surface area contributed by atoms with Crippen molar-refractivity contribution in [2.75, 3.05) is 13.1 Å². The van der Waals surface area contributed by atoms with Crippen LogP contribution in [0.4, 0.5) is 4.79 Å². The third-order valence-electron chi connectivity index (χ3n) is 3.49. The molecule has 106 valence electrons. The predicted molar refractivity (Wildman–Crippen MR) is 73.8 cm³/mol. The Bertz CT molecular complexity index is 528. The summed E-state index contributed by atoms with van der Waals surface area (Å²) >= 11 is 5.77. The minimum Gasteiger partial charge on any atom is -0.442 e. The number of carbonyl (C=O) groups excluding carboxylic acids is 2. The predicted octanol–water partition coefficient (Wildman–Crippen LogP) is 2.05. The van der Waals surface area contributed by atoms with Crippen molar-refractivity contribution in [2.24, 2.45) is 0 Å². The molecule has 1 aliphatic carbocycles. The number of amides is 2. The van der Waals surface area contributed by atoms with Gasteiger partial charge in [-0.25, -0.2) is 4.79 Å². The third kappa shape index (κ3) is 2.88. The van der Waals surface area contributed by atoms with Crippen LogP contribution in [0, 0.1) is 0 Å². The lowest BCUT2D eigenvalue weighted by Crippen LogP contribution is -2.35. The van der Waals surface area contributed by atoms with Gasteiger partial charge in [0.05, 0.1) is 13.1 Å². The van der Waals surface area contributed by atoms with Gasteiger partial charge in [0.1, 0.15) is 6.10 Å². The minimum absolute atomic E-state index is 0.192. The first-order chi connectivity index (χ1) is 9.63. The van der Waals surface area contributed by atoms with E-state index in [2.05, 4.69) is 5.32 Å². The van der Waals surface area contributed by atoms with Gasteiger partial charge < -0.3 is 15.0 Å². The van der Waals surface area contributed by atoms with Gasteiger partial charge in [-0.05, 0) is 37.1 Å². The number of cyclic esters (lactones) is 1. The highest BCUT2D eigenvalue weighted by Gasteiger charge is 2.40. The Balaban J connectivity index is 1.51. The second-order valence-corrected chi connectivity index (χ2v) is 5.54. The molecule has 2 fully saturated rings. The lowest BCUT2D eigenvalue weighted by Gasteiger charge is -2.11. The molecule has 0 aromatic heterocycles.